The normalized spacial score (nSPS) is 10.8. The van der Waals surface area contributed by atoms with Crippen LogP contribution in [-0.4, -0.2) is 24.4 Å². The summed E-state index contributed by atoms with van der Waals surface area (Å²) in [7, 11) is 1.80. The first-order valence-electron chi connectivity index (χ1n) is 6.31. The molecule has 1 N–H and O–H groups in total. The second-order valence-corrected chi connectivity index (χ2v) is 4.78. The van der Waals surface area contributed by atoms with Crippen molar-refractivity contribution in [1.82, 2.24) is 4.90 Å². The molecule has 2 aromatic rings. The molecule has 0 unspecified atom stereocenters. The van der Waals surface area contributed by atoms with Crippen LogP contribution in [0.1, 0.15) is 11.3 Å². The van der Waals surface area contributed by atoms with Crippen LogP contribution in [0.4, 0.5) is 10.1 Å². The molecular formula is C15H17FN2O2. The lowest BCUT2D eigenvalue weighted by Crippen LogP contribution is -2.30. The highest BCUT2D eigenvalue weighted by atomic mass is 19.1. The van der Waals surface area contributed by atoms with Crippen molar-refractivity contribution < 1.29 is 13.6 Å². The van der Waals surface area contributed by atoms with E-state index < -0.39 is 5.82 Å². The van der Waals surface area contributed by atoms with E-state index in [1.807, 2.05) is 6.07 Å². The smallest absolute Gasteiger partial charge is 0.238 e. The third-order valence-corrected chi connectivity index (χ3v) is 2.82. The zero-order valence-corrected chi connectivity index (χ0v) is 11.5. The minimum Gasteiger partial charge on any atom is -0.468 e. The van der Waals surface area contributed by atoms with Crippen LogP contribution >= 0.6 is 0 Å². The van der Waals surface area contributed by atoms with Gasteiger partial charge >= 0.3 is 0 Å². The number of carbonyl (C=O) groups is 1. The summed E-state index contributed by atoms with van der Waals surface area (Å²) in [6.07, 6.45) is 1.59. The highest BCUT2D eigenvalue weighted by Crippen LogP contribution is 2.15. The second kappa shape index (κ2) is 6.34. The van der Waals surface area contributed by atoms with Crippen LogP contribution in [0.5, 0.6) is 0 Å². The maximum Gasteiger partial charge on any atom is 0.238 e. The van der Waals surface area contributed by atoms with E-state index in [-0.39, 0.29) is 18.1 Å². The van der Waals surface area contributed by atoms with Crippen molar-refractivity contribution in [1.29, 1.82) is 0 Å². The minimum atomic E-state index is -0.424. The summed E-state index contributed by atoms with van der Waals surface area (Å²) in [5.41, 5.74) is 1.02. The molecule has 0 aliphatic carbocycles. The van der Waals surface area contributed by atoms with Crippen LogP contribution < -0.4 is 5.32 Å². The van der Waals surface area contributed by atoms with E-state index in [0.717, 1.165) is 11.3 Å². The average molecular weight is 276 g/mol. The molecule has 0 aliphatic rings. The molecular weight excluding hydrogens is 259 g/mol. The summed E-state index contributed by atoms with van der Waals surface area (Å²) < 4.78 is 18.8. The first-order chi connectivity index (χ1) is 9.54. The second-order valence-electron chi connectivity index (χ2n) is 4.78. The topological polar surface area (TPSA) is 45.5 Å². The Kier molecular flexibility index (Phi) is 4.53. The fourth-order valence-electron chi connectivity index (χ4n) is 1.88. The Bertz CT molecular complexity index is 582. The number of likely N-dealkylation sites (N-methyl/N-ethyl adjacent to an activating group) is 1. The van der Waals surface area contributed by atoms with Gasteiger partial charge in [-0.05, 0) is 43.8 Å². The average Bonchev–Trinajstić information content (AvgIpc) is 2.85. The number of nitrogens with one attached hydrogen (secondary N) is 1. The SMILES string of the molecule is Cc1ccc(NC(=O)CN(C)Cc2ccco2)c(F)c1. The van der Waals surface area contributed by atoms with Crippen LogP contribution in [-0.2, 0) is 11.3 Å². The predicted molar refractivity (Wildman–Crippen MR) is 74.8 cm³/mol. The van der Waals surface area contributed by atoms with E-state index in [2.05, 4.69) is 5.32 Å². The zero-order valence-electron chi connectivity index (χ0n) is 11.5. The lowest BCUT2D eigenvalue weighted by atomic mass is 10.2. The molecule has 1 aromatic heterocycles. The molecule has 20 heavy (non-hydrogen) atoms. The number of benzene rings is 1. The highest BCUT2D eigenvalue weighted by Gasteiger charge is 2.11. The summed E-state index contributed by atoms with van der Waals surface area (Å²) >= 11 is 0. The van der Waals surface area contributed by atoms with Crippen LogP contribution in [0.2, 0.25) is 0 Å². The molecule has 5 heteroatoms. The Morgan fingerprint density at radius 2 is 2.20 bits per heavy atom. The van der Waals surface area contributed by atoms with Crippen LogP contribution in [0.25, 0.3) is 0 Å². The number of furan rings is 1. The fraction of sp³-hybridized carbons (Fsp3) is 0.267. The molecule has 1 amide bonds. The van der Waals surface area contributed by atoms with Gasteiger partial charge in [-0.15, -0.1) is 0 Å². The van der Waals surface area contributed by atoms with E-state index in [4.69, 9.17) is 4.42 Å². The van der Waals surface area contributed by atoms with E-state index in [1.54, 1.807) is 43.3 Å². The van der Waals surface area contributed by atoms with Gasteiger partial charge < -0.3 is 9.73 Å². The summed E-state index contributed by atoms with van der Waals surface area (Å²) in [6.45, 7) is 2.48. The van der Waals surface area contributed by atoms with Crippen molar-refractivity contribution in [2.75, 3.05) is 18.9 Å². The Morgan fingerprint density at radius 3 is 2.85 bits per heavy atom. The van der Waals surface area contributed by atoms with Gasteiger partial charge in [0.25, 0.3) is 0 Å². The van der Waals surface area contributed by atoms with Gasteiger partial charge in [0, 0.05) is 0 Å². The highest BCUT2D eigenvalue weighted by molar-refractivity contribution is 5.92. The number of hydrogen-bond donors (Lipinski definition) is 1. The summed E-state index contributed by atoms with van der Waals surface area (Å²) in [5, 5.41) is 2.56. The number of hydrogen-bond acceptors (Lipinski definition) is 3. The number of anilines is 1. The third kappa shape index (κ3) is 3.93. The lowest BCUT2D eigenvalue weighted by molar-refractivity contribution is -0.117. The Morgan fingerprint density at radius 1 is 1.40 bits per heavy atom. The molecule has 0 spiro atoms. The standard InChI is InChI=1S/C15H17FN2O2/c1-11-5-6-14(13(16)8-11)17-15(19)10-18(2)9-12-4-3-7-20-12/h3-8H,9-10H2,1-2H3,(H,17,19). The Balaban J connectivity index is 1.88. The minimum absolute atomic E-state index is 0.161. The molecule has 0 aliphatic heterocycles. The number of halogens is 1. The van der Waals surface area contributed by atoms with E-state index >= 15 is 0 Å². The van der Waals surface area contributed by atoms with Crippen LogP contribution in [0.3, 0.4) is 0 Å². The van der Waals surface area contributed by atoms with Crippen molar-refractivity contribution in [3.63, 3.8) is 0 Å². The van der Waals surface area contributed by atoms with Crippen LogP contribution in [0.15, 0.2) is 41.0 Å². The number of carbonyl (C=O) groups excluding carboxylic acids is 1. The monoisotopic (exact) mass is 276 g/mol. The quantitative estimate of drug-likeness (QED) is 0.913. The molecule has 1 heterocycles. The van der Waals surface area contributed by atoms with Gasteiger partial charge in [-0.3, -0.25) is 9.69 Å². The molecule has 0 radical (unpaired) electrons. The molecule has 0 bridgehead atoms. The van der Waals surface area contributed by atoms with Gasteiger partial charge in [0.1, 0.15) is 11.6 Å². The summed E-state index contributed by atoms with van der Waals surface area (Å²) in [5.74, 6) is 0.0932. The van der Waals surface area contributed by atoms with Gasteiger partial charge in [0.05, 0.1) is 25.0 Å². The molecule has 0 fully saturated rings. The summed E-state index contributed by atoms with van der Waals surface area (Å²) in [4.78, 5) is 13.6. The number of amides is 1. The molecule has 0 atom stereocenters. The van der Waals surface area contributed by atoms with Crippen LogP contribution in [0, 0.1) is 12.7 Å². The molecule has 2 rings (SSSR count). The fourth-order valence-corrected chi connectivity index (χ4v) is 1.88. The van der Waals surface area contributed by atoms with Gasteiger partial charge in [0.15, 0.2) is 0 Å². The van der Waals surface area contributed by atoms with Crippen molar-refractivity contribution in [3.05, 3.63) is 53.7 Å². The third-order valence-electron chi connectivity index (χ3n) is 2.82. The lowest BCUT2D eigenvalue weighted by Gasteiger charge is -2.15. The Labute approximate surface area is 117 Å². The van der Waals surface area contributed by atoms with Crippen molar-refractivity contribution in [2.45, 2.75) is 13.5 Å². The van der Waals surface area contributed by atoms with Gasteiger partial charge in [-0.25, -0.2) is 4.39 Å². The molecule has 1 aromatic carbocycles. The van der Waals surface area contributed by atoms with E-state index in [1.165, 1.54) is 6.07 Å². The maximum atomic E-state index is 13.6. The number of aryl methyl sites for hydroxylation is 1. The summed E-state index contributed by atoms with van der Waals surface area (Å²) in [6, 6.07) is 8.35. The van der Waals surface area contributed by atoms with Gasteiger partial charge in [0.2, 0.25) is 5.91 Å². The molecule has 106 valence electrons. The number of nitrogens with zero attached hydrogens (tertiary/aromatic N) is 1. The maximum absolute atomic E-state index is 13.6. The first-order valence-corrected chi connectivity index (χ1v) is 6.31. The van der Waals surface area contributed by atoms with E-state index in [0.29, 0.717) is 6.54 Å². The Hall–Kier alpha value is -2.14. The van der Waals surface area contributed by atoms with Gasteiger partial charge in [-0.1, -0.05) is 6.07 Å². The predicted octanol–water partition coefficient (Wildman–Crippen LogP) is 2.80. The number of rotatable bonds is 5. The largest absolute Gasteiger partial charge is 0.468 e. The molecule has 0 saturated carbocycles. The molecule has 0 saturated heterocycles. The van der Waals surface area contributed by atoms with Gasteiger partial charge in [-0.2, -0.15) is 0 Å². The molecule has 4 nitrogen and oxygen atoms in total. The van der Waals surface area contributed by atoms with E-state index in [9.17, 15) is 9.18 Å². The van der Waals surface area contributed by atoms with Crippen molar-refractivity contribution >= 4 is 11.6 Å². The zero-order chi connectivity index (χ0) is 14.5. The van der Waals surface area contributed by atoms with Crippen molar-refractivity contribution in [2.24, 2.45) is 0 Å². The first kappa shape index (κ1) is 14.3. The van der Waals surface area contributed by atoms with Crippen molar-refractivity contribution in [3.8, 4) is 0 Å².